The fraction of sp³-hybridized carbons (Fsp3) is 0.872. The minimum absolute atomic E-state index is 0.0636. The Morgan fingerprint density at radius 3 is 2.11 bits per heavy atom. The molecule has 0 aromatic heterocycles. The molecule has 0 N–H and O–H groups in total. The topological polar surface area (TPSA) is 72.9 Å². The van der Waals surface area contributed by atoms with E-state index in [1.807, 2.05) is 0 Å². The molecule has 1 amide bonds. The van der Waals surface area contributed by atoms with Gasteiger partial charge in [-0.1, -0.05) is 39.8 Å². The summed E-state index contributed by atoms with van der Waals surface area (Å²) < 4.78 is 11.7. The fourth-order valence-electron chi connectivity index (χ4n) is 13.6. The van der Waals surface area contributed by atoms with Gasteiger partial charge in [0.05, 0.1) is 5.41 Å². The van der Waals surface area contributed by atoms with Gasteiger partial charge in [-0.05, 0) is 136 Å². The van der Waals surface area contributed by atoms with Crippen molar-refractivity contribution >= 4 is 17.8 Å². The molecule has 45 heavy (non-hydrogen) atoms. The van der Waals surface area contributed by atoms with Crippen molar-refractivity contribution in [2.45, 2.75) is 138 Å². The van der Waals surface area contributed by atoms with Gasteiger partial charge in [-0.25, -0.2) is 0 Å². The van der Waals surface area contributed by atoms with Crippen molar-refractivity contribution in [3.63, 3.8) is 0 Å². The van der Waals surface area contributed by atoms with E-state index in [0.717, 1.165) is 77.3 Å². The number of carbonyl (C=O) groups excluding carboxylic acids is 3. The standard InChI is InChI=1S/C39H61NO5/c1-25(2)28-14-19-39(34(43)40-22-10-9-11-23-40)21-20-37(7)29(33(28)39)12-13-31-35(5)17-16-32(45-27(4)42)36(6,24-44-26(3)41)30(35)15-18-38(31,37)8/h28-33H,1,9-24H2,2-8H3/t28-,29?,30?,31?,32-,33?,35-,36-,37+,38+,39-/m0/s1. The van der Waals surface area contributed by atoms with Crippen molar-refractivity contribution in [3.8, 4) is 0 Å². The largest absolute Gasteiger partial charge is 0.465 e. The molecular weight excluding hydrogens is 562 g/mol. The average Bonchev–Trinajstić information content (AvgIpc) is 3.39. The number of hydrogen-bond acceptors (Lipinski definition) is 5. The zero-order valence-electron chi connectivity index (χ0n) is 29.5. The van der Waals surface area contributed by atoms with Gasteiger partial charge in [0.15, 0.2) is 0 Å². The van der Waals surface area contributed by atoms with Crippen molar-refractivity contribution < 1.29 is 23.9 Å². The molecule has 6 nitrogen and oxygen atoms in total. The molecule has 1 saturated heterocycles. The number of esters is 2. The third-order valence-electron chi connectivity index (χ3n) is 15.8. The molecule has 0 aromatic carbocycles. The molecule has 6 aliphatic rings. The zero-order chi connectivity index (χ0) is 32.6. The Kier molecular flexibility index (Phi) is 8.37. The van der Waals surface area contributed by atoms with E-state index in [9.17, 15) is 14.4 Å². The highest BCUT2D eigenvalue weighted by Gasteiger charge is 2.72. The normalized spacial score (nSPS) is 47.4. The predicted molar refractivity (Wildman–Crippen MR) is 176 cm³/mol. The maximum absolute atomic E-state index is 14.6. The SMILES string of the molecule is C=C(C)[C@@H]1CC[C@]2(C(=O)N3CCCCC3)CC[C@]3(C)C(CCC4[C@@]5(C)CC[C@H](OC(C)=O)[C@@](C)(COC(C)=O)C5CC[C@]43C)C12. The van der Waals surface area contributed by atoms with Gasteiger partial charge in [-0.3, -0.25) is 14.4 Å². The molecule has 1 heterocycles. The van der Waals surface area contributed by atoms with E-state index >= 15 is 0 Å². The Bertz CT molecular complexity index is 1220. The molecule has 6 fully saturated rings. The number of likely N-dealkylation sites (tertiary alicyclic amines) is 1. The van der Waals surface area contributed by atoms with E-state index in [2.05, 4.69) is 46.1 Å². The van der Waals surface area contributed by atoms with Crippen LogP contribution in [0.15, 0.2) is 12.2 Å². The van der Waals surface area contributed by atoms with Crippen LogP contribution in [0.4, 0.5) is 0 Å². The second-order valence-corrected chi connectivity index (χ2v) is 17.6. The van der Waals surface area contributed by atoms with E-state index < -0.39 is 5.41 Å². The summed E-state index contributed by atoms with van der Waals surface area (Å²) in [4.78, 5) is 41.2. The summed E-state index contributed by atoms with van der Waals surface area (Å²) in [5.41, 5.74) is 1.01. The minimum atomic E-state index is -0.414. The van der Waals surface area contributed by atoms with Gasteiger partial charge in [-0.15, -0.1) is 0 Å². The lowest BCUT2D eigenvalue weighted by molar-refractivity contribution is -0.257. The molecule has 0 radical (unpaired) electrons. The molecule has 0 aromatic rings. The first-order valence-corrected chi connectivity index (χ1v) is 18.4. The lowest BCUT2D eigenvalue weighted by Gasteiger charge is -2.73. The molecule has 0 spiro atoms. The molecule has 5 saturated carbocycles. The van der Waals surface area contributed by atoms with Crippen LogP contribution >= 0.6 is 0 Å². The van der Waals surface area contributed by atoms with Crippen molar-refractivity contribution in [2.75, 3.05) is 19.7 Å². The third-order valence-corrected chi connectivity index (χ3v) is 15.8. The molecule has 6 rings (SSSR count). The number of nitrogens with zero attached hydrogens (tertiary/aromatic N) is 1. The minimum Gasteiger partial charge on any atom is -0.465 e. The number of rotatable bonds is 5. The van der Waals surface area contributed by atoms with Crippen LogP contribution in [0.25, 0.3) is 0 Å². The van der Waals surface area contributed by atoms with Crippen LogP contribution < -0.4 is 0 Å². The number of hydrogen-bond donors (Lipinski definition) is 0. The number of amides is 1. The van der Waals surface area contributed by atoms with E-state index in [0.29, 0.717) is 42.1 Å². The first-order chi connectivity index (χ1) is 21.1. The lowest BCUT2D eigenvalue weighted by Crippen LogP contribution is -2.68. The van der Waals surface area contributed by atoms with E-state index in [1.165, 1.54) is 38.7 Å². The van der Waals surface area contributed by atoms with E-state index in [4.69, 9.17) is 9.47 Å². The van der Waals surface area contributed by atoms with Crippen molar-refractivity contribution in [1.29, 1.82) is 0 Å². The number of ether oxygens (including phenoxy) is 2. The van der Waals surface area contributed by atoms with Crippen molar-refractivity contribution in [1.82, 2.24) is 4.90 Å². The first kappa shape index (κ1) is 33.1. The van der Waals surface area contributed by atoms with Gasteiger partial charge in [0, 0.05) is 32.4 Å². The van der Waals surface area contributed by atoms with Crippen LogP contribution in [0.1, 0.15) is 132 Å². The number of piperidine rings is 1. The molecule has 6 heteroatoms. The van der Waals surface area contributed by atoms with Crippen LogP contribution in [-0.4, -0.2) is 48.5 Å². The lowest BCUT2D eigenvalue weighted by atomic mass is 9.32. The van der Waals surface area contributed by atoms with Crippen LogP contribution in [0.3, 0.4) is 0 Å². The molecule has 252 valence electrons. The maximum Gasteiger partial charge on any atom is 0.302 e. The van der Waals surface area contributed by atoms with Gasteiger partial charge in [0.2, 0.25) is 5.91 Å². The third kappa shape index (κ3) is 4.79. The Hall–Kier alpha value is -1.85. The monoisotopic (exact) mass is 623 g/mol. The zero-order valence-corrected chi connectivity index (χ0v) is 29.5. The highest BCUT2D eigenvalue weighted by molar-refractivity contribution is 5.84. The first-order valence-electron chi connectivity index (χ1n) is 18.4. The Labute approximate surface area is 272 Å². The summed E-state index contributed by atoms with van der Waals surface area (Å²) in [5, 5.41) is 0. The van der Waals surface area contributed by atoms with Crippen LogP contribution in [0, 0.1) is 56.7 Å². The van der Waals surface area contributed by atoms with E-state index in [-0.39, 0.29) is 39.7 Å². The molecule has 1 aliphatic heterocycles. The summed E-state index contributed by atoms with van der Waals surface area (Å²) in [5.74, 6) is 2.14. The van der Waals surface area contributed by atoms with Gasteiger partial charge in [-0.2, -0.15) is 0 Å². The number of allylic oxidation sites excluding steroid dienone is 1. The average molecular weight is 624 g/mol. The summed E-state index contributed by atoms with van der Waals surface area (Å²) in [6.07, 6.45) is 14.0. The molecule has 4 unspecified atom stereocenters. The molecule has 11 atom stereocenters. The van der Waals surface area contributed by atoms with Crippen molar-refractivity contribution in [3.05, 3.63) is 12.2 Å². The van der Waals surface area contributed by atoms with Gasteiger partial charge >= 0.3 is 11.9 Å². The highest BCUT2D eigenvalue weighted by atomic mass is 16.6. The highest BCUT2D eigenvalue weighted by Crippen LogP contribution is 2.77. The summed E-state index contributed by atoms with van der Waals surface area (Å²) >= 11 is 0. The van der Waals surface area contributed by atoms with E-state index in [1.54, 1.807) is 0 Å². The summed E-state index contributed by atoms with van der Waals surface area (Å²) in [6.45, 7) is 21.9. The molecule has 0 bridgehead atoms. The summed E-state index contributed by atoms with van der Waals surface area (Å²) in [6, 6.07) is 0. The van der Waals surface area contributed by atoms with Crippen LogP contribution in [0.5, 0.6) is 0 Å². The van der Waals surface area contributed by atoms with Crippen LogP contribution in [-0.2, 0) is 23.9 Å². The van der Waals surface area contributed by atoms with Gasteiger partial charge in [0.25, 0.3) is 0 Å². The maximum atomic E-state index is 14.6. The van der Waals surface area contributed by atoms with Gasteiger partial charge < -0.3 is 14.4 Å². The van der Waals surface area contributed by atoms with Gasteiger partial charge in [0.1, 0.15) is 12.7 Å². The predicted octanol–water partition coefficient (Wildman–Crippen LogP) is 8.13. The van der Waals surface area contributed by atoms with Crippen LogP contribution in [0.2, 0.25) is 0 Å². The molecular formula is C39H61NO5. The quantitative estimate of drug-likeness (QED) is 0.228. The second kappa shape index (κ2) is 11.4. The smallest absolute Gasteiger partial charge is 0.302 e. The second-order valence-electron chi connectivity index (χ2n) is 17.6. The Balaban J connectivity index is 1.35. The van der Waals surface area contributed by atoms with Crippen molar-refractivity contribution in [2.24, 2.45) is 56.7 Å². The fourth-order valence-corrected chi connectivity index (χ4v) is 13.6. The Morgan fingerprint density at radius 1 is 0.756 bits per heavy atom. The number of fused-ring (bicyclic) bond motifs is 7. The molecule has 5 aliphatic carbocycles. The summed E-state index contributed by atoms with van der Waals surface area (Å²) in [7, 11) is 0. The number of carbonyl (C=O) groups is 3. The Morgan fingerprint density at radius 2 is 1.47 bits per heavy atom.